The number of carbonyl (C=O) groups is 3. The van der Waals surface area contributed by atoms with Crippen LogP contribution in [0.1, 0.15) is 18.4 Å². The predicted molar refractivity (Wildman–Crippen MR) is 123 cm³/mol. The lowest BCUT2D eigenvalue weighted by Gasteiger charge is -2.29. The molecule has 1 aliphatic rings. The van der Waals surface area contributed by atoms with Gasteiger partial charge in [-0.25, -0.2) is 4.68 Å². The van der Waals surface area contributed by atoms with Crippen molar-refractivity contribution in [3.05, 3.63) is 70.3 Å². The lowest BCUT2D eigenvalue weighted by molar-refractivity contribution is -0.124. The maximum Gasteiger partial charge on any atom is 0.244 e. The number of amides is 3. The minimum atomic E-state index is -0.341. The van der Waals surface area contributed by atoms with Crippen molar-refractivity contribution in [1.29, 1.82) is 0 Å². The summed E-state index contributed by atoms with van der Waals surface area (Å²) in [5, 5.41) is 10.6. The molecule has 0 fully saturated rings. The monoisotopic (exact) mass is 471 g/mol. The van der Waals surface area contributed by atoms with Crippen LogP contribution in [-0.2, 0) is 20.9 Å². The van der Waals surface area contributed by atoms with Gasteiger partial charge in [-0.05, 0) is 23.8 Å². The Kier molecular flexibility index (Phi) is 6.43. The Bertz CT molecular complexity index is 1190. The summed E-state index contributed by atoms with van der Waals surface area (Å²) < 4.78 is 1.59. The first-order valence-electron chi connectivity index (χ1n) is 9.86. The van der Waals surface area contributed by atoms with Crippen LogP contribution in [0, 0.1) is 0 Å². The molecule has 10 heteroatoms. The van der Waals surface area contributed by atoms with Crippen molar-refractivity contribution in [3.8, 4) is 0 Å². The molecule has 8 nitrogen and oxygen atoms in total. The first-order chi connectivity index (χ1) is 15.4. The lowest BCUT2D eigenvalue weighted by Crippen LogP contribution is -2.42. The molecule has 0 atom stereocenters. The fourth-order valence-corrected chi connectivity index (χ4v) is 3.79. The van der Waals surface area contributed by atoms with Crippen LogP contribution in [0.15, 0.2) is 54.7 Å². The number of rotatable bonds is 6. The molecule has 0 spiro atoms. The van der Waals surface area contributed by atoms with E-state index in [2.05, 4.69) is 15.7 Å². The summed E-state index contributed by atoms with van der Waals surface area (Å²) >= 11 is 12.3. The fourth-order valence-electron chi connectivity index (χ4n) is 3.41. The van der Waals surface area contributed by atoms with Gasteiger partial charge in [0.15, 0.2) is 0 Å². The molecule has 3 aromatic rings. The molecule has 2 aromatic carbocycles. The molecule has 0 bridgehead atoms. The van der Waals surface area contributed by atoms with E-state index in [4.69, 9.17) is 23.2 Å². The molecule has 32 heavy (non-hydrogen) atoms. The fraction of sp³-hybridized carbons (Fsp3) is 0.182. The molecular weight excluding hydrogens is 453 g/mol. The minimum absolute atomic E-state index is 0.0395. The summed E-state index contributed by atoms with van der Waals surface area (Å²) in [6.45, 7) is 0.241. The van der Waals surface area contributed by atoms with E-state index in [0.29, 0.717) is 33.8 Å². The van der Waals surface area contributed by atoms with E-state index in [0.717, 1.165) is 5.56 Å². The van der Waals surface area contributed by atoms with Crippen LogP contribution in [0.5, 0.6) is 0 Å². The van der Waals surface area contributed by atoms with E-state index in [-0.39, 0.29) is 37.1 Å². The van der Waals surface area contributed by atoms with Crippen LogP contribution in [0.4, 0.5) is 17.2 Å². The molecule has 0 radical (unpaired) electrons. The van der Waals surface area contributed by atoms with Crippen LogP contribution in [0.3, 0.4) is 0 Å². The zero-order valence-electron chi connectivity index (χ0n) is 16.8. The molecule has 2 heterocycles. The van der Waals surface area contributed by atoms with Crippen molar-refractivity contribution in [1.82, 2.24) is 9.78 Å². The number of nitrogens with one attached hydrogen (secondary N) is 2. The second-order valence-corrected chi connectivity index (χ2v) is 7.97. The van der Waals surface area contributed by atoms with Gasteiger partial charge in [-0.1, -0.05) is 47.5 Å². The normalized spacial score (nSPS) is 12.8. The number of anilines is 3. The third-order valence-electron chi connectivity index (χ3n) is 4.97. The van der Waals surface area contributed by atoms with E-state index in [1.165, 1.54) is 4.90 Å². The highest BCUT2D eigenvalue weighted by Gasteiger charge is 2.26. The van der Waals surface area contributed by atoms with E-state index in [1.807, 2.05) is 6.07 Å². The number of hydrogen-bond donors (Lipinski definition) is 2. The predicted octanol–water partition coefficient (Wildman–Crippen LogP) is 3.94. The van der Waals surface area contributed by atoms with Crippen LogP contribution in [0.2, 0.25) is 10.0 Å². The molecule has 0 aliphatic carbocycles. The Balaban J connectivity index is 1.37. The van der Waals surface area contributed by atoms with E-state index < -0.39 is 0 Å². The minimum Gasteiger partial charge on any atom is -0.323 e. The molecule has 0 saturated heterocycles. The summed E-state index contributed by atoms with van der Waals surface area (Å²) in [6, 6.07) is 14.0. The third kappa shape index (κ3) is 4.76. The van der Waals surface area contributed by atoms with Crippen LogP contribution < -0.4 is 15.5 Å². The first-order valence-corrected chi connectivity index (χ1v) is 10.6. The van der Waals surface area contributed by atoms with Crippen LogP contribution in [0.25, 0.3) is 0 Å². The maximum absolute atomic E-state index is 12.7. The molecule has 2 N–H and O–H groups in total. The van der Waals surface area contributed by atoms with Crippen molar-refractivity contribution in [2.24, 2.45) is 0 Å². The molecule has 164 valence electrons. The number of benzene rings is 2. The summed E-state index contributed by atoms with van der Waals surface area (Å²) in [5.41, 5.74) is 1.95. The zero-order chi connectivity index (χ0) is 22.7. The van der Waals surface area contributed by atoms with Gasteiger partial charge < -0.3 is 15.5 Å². The van der Waals surface area contributed by atoms with Gasteiger partial charge in [0.05, 0.1) is 34.2 Å². The molecular formula is C22H19Cl2N5O3. The Morgan fingerprint density at radius 2 is 1.88 bits per heavy atom. The lowest BCUT2D eigenvalue weighted by atomic mass is 10.1. The third-order valence-corrected chi connectivity index (χ3v) is 5.83. The Morgan fingerprint density at radius 1 is 1.06 bits per heavy atom. The largest absolute Gasteiger partial charge is 0.323 e. The molecule has 1 aliphatic heterocycles. The van der Waals surface area contributed by atoms with E-state index in [1.54, 1.807) is 53.3 Å². The first kappa shape index (κ1) is 21.9. The molecule has 0 unspecified atom stereocenters. The van der Waals surface area contributed by atoms with Crippen molar-refractivity contribution in [3.63, 3.8) is 0 Å². The molecule has 1 aromatic heterocycles. The maximum atomic E-state index is 12.7. The Labute approximate surface area is 194 Å². The number of halogens is 2. The highest BCUT2D eigenvalue weighted by molar-refractivity contribution is 6.42. The standard InChI is InChI=1S/C22H19Cl2N5O3/c23-15-5-3-4-14(22(15)24)12-29-18(10-11-25-29)27-19(30)8-9-21(32)28-13-20(31)26-16-6-1-2-7-17(16)28/h1-7,10-11H,8-9,12-13H2,(H,26,31)(H,27,30). The average Bonchev–Trinajstić information content (AvgIpc) is 3.21. The topological polar surface area (TPSA) is 96.3 Å². The molecule has 4 rings (SSSR count). The second-order valence-electron chi connectivity index (χ2n) is 7.18. The SMILES string of the molecule is O=C1CN(C(=O)CCC(=O)Nc2ccnn2Cc2cccc(Cl)c2Cl)c2ccccc2N1. The summed E-state index contributed by atoms with van der Waals surface area (Å²) in [7, 11) is 0. The van der Waals surface area contributed by atoms with Crippen molar-refractivity contribution in [2.75, 3.05) is 22.1 Å². The van der Waals surface area contributed by atoms with Gasteiger partial charge in [0.2, 0.25) is 17.7 Å². The Hall–Kier alpha value is -3.36. The number of para-hydroxylation sites is 2. The van der Waals surface area contributed by atoms with E-state index >= 15 is 0 Å². The quantitative estimate of drug-likeness (QED) is 0.568. The number of fused-ring (bicyclic) bond motifs is 1. The average molecular weight is 472 g/mol. The second kappa shape index (κ2) is 9.42. The number of hydrogen-bond acceptors (Lipinski definition) is 4. The van der Waals surface area contributed by atoms with Gasteiger partial charge in [-0.3, -0.25) is 14.4 Å². The van der Waals surface area contributed by atoms with Crippen molar-refractivity contribution >= 4 is 58.1 Å². The van der Waals surface area contributed by atoms with Gasteiger partial charge in [-0.15, -0.1) is 0 Å². The highest BCUT2D eigenvalue weighted by atomic mass is 35.5. The number of aromatic nitrogens is 2. The molecule has 3 amide bonds. The van der Waals surface area contributed by atoms with Crippen molar-refractivity contribution in [2.45, 2.75) is 19.4 Å². The van der Waals surface area contributed by atoms with Gasteiger partial charge in [0.1, 0.15) is 12.4 Å². The van der Waals surface area contributed by atoms with Crippen LogP contribution in [-0.4, -0.2) is 34.0 Å². The summed E-state index contributed by atoms with van der Waals surface area (Å²) in [6.07, 6.45) is 1.48. The Morgan fingerprint density at radius 3 is 2.72 bits per heavy atom. The molecule has 0 saturated carbocycles. The summed E-state index contributed by atoms with van der Waals surface area (Å²) in [4.78, 5) is 38.5. The highest BCUT2D eigenvalue weighted by Crippen LogP contribution is 2.29. The van der Waals surface area contributed by atoms with Crippen LogP contribution >= 0.6 is 23.2 Å². The zero-order valence-corrected chi connectivity index (χ0v) is 18.4. The van der Waals surface area contributed by atoms with Gasteiger partial charge in [0, 0.05) is 18.9 Å². The van der Waals surface area contributed by atoms with Gasteiger partial charge >= 0.3 is 0 Å². The smallest absolute Gasteiger partial charge is 0.244 e. The van der Waals surface area contributed by atoms with Crippen molar-refractivity contribution < 1.29 is 14.4 Å². The van der Waals surface area contributed by atoms with E-state index in [9.17, 15) is 14.4 Å². The summed E-state index contributed by atoms with van der Waals surface area (Å²) in [5.74, 6) is -0.444. The van der Waals surface area contributed by atoms with Gasteiger partial charge in [-0.2, -0.15) is 5.10 Å². The number of nitrogens with zero attached hydrogens (tertiary/aromatic N) is 3. The van der Waals surface area contributed by atoms with Gasteiger partial charge in [0.25, 0.3) is 0 Å². The number of carbonyl (C=O) groups excluding carboxylic acids is 3.